The summed E-state index contributed by atoms with van der Waals surface area (Å²) in [4.78, 5) is 8.86. The van der Waals surface area contributed by atoms with Gasteiger partial charge in [-0.15, -0.1) is 0 Å². The van der Waals surface area contributed by atoms with Gasteiger partial charge in [0.05, 0.1) is 13.7 Å². The lowest BCUT2D eigenvalue weighted by atomic mass is 9.85. The molecule has 2 heterocycles. The van der Waals surface area contributed by atoms with Crippen molar-refractivity contribution in [3.8, 4) is 5.88 Å². The van der Waals surface area contributed by atoms with Crippen molar-refractivity contribution in [3.63, 3.8) is 0 Å². The molecule has 1 N–H and O–H groups in total. The van der Waals surface area contributed by atoms with Gasteiger partial charge in [-0.3, -0.25) is 4.99 Å². The van der Waals surface area contributed by atoms with Crippen molar-refractivity contribution in [1.82, 2.24) is 10.3 Å². The fraction of sp³-hybridized carbons (Fsp3) is 0.600. The van der Waals surface area contributed by atoms with Crippen LogP contribution in [0.25, 0.3) is 0 Å². The smallest absolute Gasteiger partial charge is 0.212 e. The maximum atomic E-state index is 5.05. The van der Waals surface area contributed by atoms with Crippen molar-refractivity contribution in [2.75, 3.05) is 12.9 Å². The molecule has 1 atom stereocenters. The highest BCUT2D eigenvalue weighted by Gasteiger charge is 2.28. The average molecular weight is 293 g/mol. The summed E-state index contributed by atoms with van der Waals surface area (Å²) >= 11 is 1.80. The molecule has 0 radical (unpaired) electrons. The van der Waals surface area contributed by atoms with Gasteiger partial charge in [-0.2, -0.15) is 0 Å². The maximum absolute atomic E-state index is 5.05. The van der Waals surface area contributed by atoms with Crippen molar-refractivity contribution < 1.29 is 4.74 Å². The Morgan fingerprint density at radius 1 is 1.45 bits per heavy atom. The minimum Gasteiger partial charge on any atom is -0.481 e. The largest absolute Gasteiger partial charge is 0.481 e. The van der Waals surface area contributed by atoms with E-state index in [0.717, 1.165) is 16.5 Å². The molecule has 1 fully saturated rings. The van der Waals surface area contributed by atoms with Gasteiger partial charge >= 0.3 is 0 Å². The Hall–Kier alpha value is -1.23. The number of amidine groups is 1. The van der Waals surface area contributed by atoms with Gasteiger partial charge < -0.3 is 10.1 Å². The second-order valence-corrected chi connectivity index (χ2v) is 7.11. The molecule has 0 aromatic carbocycles. The molecule has 1 aliphatic heterocycles. The minimum absolute atomic E-state index is 0.267. The summed E-state index contributed by atoms with van der Waals surface area (Å²) in [6.07, 6.45) is 3.01. The topological polar surface area (TPSA) is 46.5 Å². The highest BCUT2D eigenvalue weighted by molar-refractivity contribution is 8.13. The predicted octanol–water partition coefficient (Wildman–Crippen LogP) is 3.09. The van der Waals surface area contributed by atoms with Crippen LogP contribution in [0.4, 0.5) is 0 Å². The van der Waals surface area contributed by atoms with Crippen molar-refractivity contribution in [2.45, 2.75) is 39.8 Å². The molecule has 4 nitrogen and oxygen atoms in total. The van der Waals surface area contributed by atoms with Crippen LogP contribution in [0.15, 0.2) is 23.3 Å². The van der Waals surface area contributed by atoms with Crippen molar-refractivity contribution in [3.05, 3.63) is 23.9 Å². The first-order valence-corrected chi connectivity index (χ1v) is 7.90. The number of nitrogens with zero attached hydrogens (tertiary/aromatic N) is 2. The molecule has 5 heteroatoms. The Bertz CT molecular complexity index is 465. The quantitative estimate of drug-likeness (QED) is 0.930. The van der Waals surface area contributed by atoms with Gasteiger partial charge in [-0.1, -0.05) is 38.6 Å². The number of nitrogens with one attached hydrogen (secondary N) is 1. The van der Waals surface area contributed by atoms with Gasteiger partial charge in [-0.25, -0.2) is 4.98 Å². The number of methoxy groups -OCH3 is 1. The lowest BCUT2D eigenvalue weighted by Crippen LogP contribution is -2.46. The predicted molar refractivity (Wildman–Crippen MR) is 85.4 cm³/mol. The Labute approximate surface area is 125 Å². The average Bonchev–Trinajstić information content (AvgIpc) is 2.45. The molecule has 0 aliphatic carbocycles. The van der Waals surface area contributed by atoms with E-state index in [4.69, 9.17) is 4.74 Å². The zero-order valence-electron chi connectivity index (χ0n) is 12.6. The third-order valence-electron chi connectivity index (χ3n) is 3.40. The molecule has 1 aromatic rings. The molecule has 1 aliphatic rings. The van der Waals surface area contributed by atoms with E-state index >= 15 is 0 Å². The van der Waals surface area contributed by atoms with Crippen LogP contribution in [0.3, 0.4) is 0 Å². The zero-order chi connectivity index (χ0) is 14.6. The second kappa shape index (κ2) is 6.48. The van der Waals surface area contributed by atoms with E-state index in [2.05, 4.69) is 36.1 Å². The third-order valence-corrected chi connectivity index (χ3v) is 4.36. The summed E-state index contributed by atoms with van der Waals surface area (Å²) in [5, 5.41) is 4.60. The van der Waals surface area contributed by atoms with Crippen LogP contribution in [-0.2, 0) is 6.54 Å². The highest BCUT2D eigenvalue weighted by Crippen LogP contribution is 2.27. The fourth-order valence-electron chi connectivity index (χ4n) is 2.07. The van der Waals surface area contributed by atoms with Crippen LogP contribution in [-0.4, -0.2) is 29.1 Å². The molecule has 20 heavy (non-hydrogen) atoms. The second-order valence-electron chi connectivity index (χ2n) is 6.03. The van der Waals surface area contributed by atoms with Crippen molar-refractivity contribution in [1.29, 1.82) is 0 Å². The van der Waals surface area contributed by atoms with Gasteiger partial charge in [-0.05, 0) is 17.4 Å². The number of aliphatic imine (C=N–C) groups is 1. The number of rotatable bonds is 3. The molecule has 0 amide bonds. The van der Waals surface area contributed by atoms with E-state index < -0.39 is 0 Å². The van der Waals surface area contributed by atoms with Crippen LogP contribution in [0.5, 0.6) is 5.88 Å². The van der Waals surface area contributed by atoms with Gasteiger partial charge in [0.15, 0.2) is 5.17 Å². The number of pyridine rings is 1. The van der Waals surface area contributed by atoms with E-state index in [-0.39, 0.29) is 5.41 Å². The SMILES string of the molecule is COc1ccc(CN=C2NC(C(C)(C)C)CCS2)cn1. The van der Waals surface area contributed by atoms with E-state index in [0.29, 0.717) is 18.5 Å². The number of aromatic nitrogens is 1. The van der Waals surface area contributed by atoms with Crippen molar-refractivity contribution in [2.24, 2.45) is 10.4 Å². The highest BCUT2D eigenvalue weighted by atomic mass is 32.2. The van der Waals surface area contributed by atoms with Gasteiger partial charge in [0, 0.05) is 24.1 Å². The molecular weight excluding hydrogens is 270 g/mol. The molecule has 2 rings (SSSR count). The molecule has 1 aromatic heterocycles. The van der Waals surface area contributed by atoms with Crippen LogP contribution < -0.4 is 10.1 Å². The molecule has 0 saturated carbocycles. The first-order chi connectivity index (χ1) is 9.49. The van der Waals surface area contributed by atoms with Gasteiger partial charge in [0.1, 0.15) is 0 Å². The van der Waals surface area contributed by atoms with Crippen LogP contribution in [0.1, 0.15) is 32.8 Å². The minimum atomic E-state index is 0.267. The standard InChI is InChI=1S/C15H23N3OS/c1-15(2,3)12-7-8-20-14(18-12)17-10-11-5-6-13(19-4)16-9-11/h5-6,9,12H,7-8,10H2,1-4H3,(H,17,18). The first-order valence-electron chi connectivity index (χ1n) is 6.92. The van der Waals surface area contributed by atoms with Crippen molar-refractivity contribution >= 4 is 16.9 Å². The monoisotopic (exact) mass is 293 g/mol. The summed E-state index contributed by atoms with van der Waals surface area (Å²) in [6.45, 7) is 7.46. The maximum Gasteiger partial charge on any atom is 0.212 e. The summed E-state index contributed by atoms with van der Waals surface area (Å²) in [7, 11) is 1.62. The Kier molecular flexibility index (Phi) is 4.91. The Morgan fingerprint density at radius 3 is 2.85 bits per heavy atom. The van der Waals surface area contributed by atoms with Crippen LogP contribution in [0, 0.1) is 5.41 Å². The molecule has 110 valence electrons. The molecule has 0 bridgehead atoms. The molecular formula is C15H23N3OS. The van der Waals surface area contributed by atoms with E-state index in [1.807, 2.05) is 18.3 Å². The fourth-order valence-corrected chi connectivity index (χ4v) is 2.99. The first kappa shape index (κ1) is 15.2. The zero-order valence-corrected chi connectivity index (χ0v) is 13.5. The third kappa shape index (κ3) is 4.13. The lowest BCUT2D eigenvalue weighted by molar-refractivity contribution is 0.290. The summed E-state index contributed by atoms with van der Waals surface area (Å²) in [6, 6.07) is 4.37. The van der Waals surface area contributed by atoms with Gasteiger partial charge in [0.2, 0.25) is 5.88 Å². The summed E-state index contributed by atoms with van der Waals surface area (Å²) in [5.41, 5.74) is 1.36. The van der Waals surface area contributed by atoms with Crippen LogP contribution >= 0.6 is 11.8 Å². The Morgan fingerprint density at radius 2 is 2.25 bits per heavy atom. The van der Waals surface area contributed by atoms with Gasteiger partial charge in [0.25, 0.3) is 0 Å². The molecule has 1 saturated heterocycles. The summed E-state index contributed by atoms with van der Waals surface area (Å²) < 4.78 is 5.05. The number of ether oxygens (including phenoxy) is 1. The van der Waals surface area contributed by atoms with E-state index in [1.165, 1.54) is 6.42 Å². The summed E-state index contributed by atoms with van der Waals surface area (Å²) in [5.74, 6) is 1.77. The molecule has 0 spiro atoms. The number of hydrogen-bond donors (Lipinski definition) is 1. The number of hydrogen-bond acceptors (Lipinski definition) is 4. The lowest BCUT2D eigenvalue weighted by Gasteiger charge is -2.35. The van der Waals surface area contributed by atoms with E-state index in [9.17, 15) is 0 Å². The molecule has 1 unspecified atom stereocenters. The normalized spacial score (nSPS) is 21.6. The van der Waals surface area contributed by atoms with E-state index in [1.54, 1.807) is 18.9 Å². The van der Waals surface area contributed by atoms with Crippen LogP contribution in [0.2, 0.25) is 0 Å². The Balaban J connectivity index is 1.96. The number of thioether (sulfide) groups is 1.